The molecule has 33 heavy (non-hydrogen) atoms. The van der Waals surface area contributed by atoms with Gasteiger partial charge in [0.1, 0.15) is 5.75 Å². The third-order valence-corrected chi connectivity index (χ3v) is 5.17. The van der Waals surface area contributed by atoms with Crippen molar-refractivity contribution in [1.29, 1.82) is 0 Å². The lowest BCUT2D eigenvalue weighted by atomic mass is 10.0. The highest BCUT2D eigenvalue weighted by Gasteiger charge is 2.31. The summed E-state index contributed by atoms with van der Waals surface area (Å²) >= 11 is 0. The maximum atomic E-state index is 13.1. The molecule has 3 aromatic rings. The molecule has 0 spiro atoms. The van der Waals surface area contributed by atoms with E-state index in [-0.39, 0.29) is 23.6 Å². The quantitative estimate of drug-likeness (QED) is 0.544. The van der Waals surface area contributed by atoms with Crippen molar-refractivity contribution in [3.63, 3.8) is 0 Å². The molecule has 0 fully saturated rings. The standard InChI is InChI=1S/C23H22F3N3O4/c1-13(16-6-8-17(9-7-16)22(31)32)27-21(30)20-14(2)29(3)28-19(20)12-15-4-10-18(11-5-15)33-23(24,25)26/h4-11,13H,12H2,1-3H3,(H,27,30)(H,31,32). The summed E-state index contributed by atoms with van der Waals surface area (Å²) in [4.78, 5) is 24.1. The zero-order valence-electron chi connectivity index (χ0n) is 18.1. The van der Waals surface area contributed by atoms with Crippen LogP contribution in [0.25, 0.3) is 0 Å². The molecule has 1 amide bonds. The number of alkyl halides is 3. The van der Waals surface area contributed by atoms with E-state index >= 15 is 0 Å². The van der Waals surface area contributed by atoms with Gasteiger partial charge in [0, 0.05) is 19.2 Å². The third-order valence-electron chi connectivity index (χ3n) is 5.17. The summed E-state index contributed by atoms with van der Waals surface area (Å²) in [6.45, 7) is 3.52. The van der Waals surface area contributed by atoms with E-state index < -0.39 is 18.4 Å². The number of nitrogens with one attached hydrogen (secondary N) is 1. The number of halogens is 3. The van der Waals surface area contributed by atoms with Crippen LogP contribution in [0.1, 0.15) is 56.2 Å². The van der Waals surface area contributed by atoms with Crippen LogP contribution in [-0.4, -0.2) is 33.1 Å². The van der Waals surface area contributed by atoms with Crippen molar-refractivity contribution >= 4 is 11.9 Å². The molecule has 0 radical (unpaired) electrons. The highest BCUT2D eigenvalue weighted by molar-refractivity contribution is 5.96. The topological polar surface area (TPSA) is 93.5 Å². The second-order valence-corrected chi connectivity index (χ2v) is 7.52. The van der Waals surface area contributed by atoms with Crippen molar-refractivity contribution in [1.82, 2.24) is 15.1 Å². The van der Waals surface area contributed by atoms with Crippen LogP contribution in [0, 0.1) is 6.92 Å². The van der Waals surface area contributed by atoms with Gasteiger partial charge in [-0.3, -0.25) is 9.48 Å². The number of hydrogen-bond acceptors (Lipinski definition) is 4. The van der Waals surface area contributed by atoms with Gasteiger partial charge in [-0.1, -0.05) is 24.3 Å². The van der Waals surface area contributed by atoms with Crippen LogP contribution in [0.3, 0.4) is 0 Å². The Labute approximate surface area is 187 Å². The molecule has 7 nitrogen and oxygen atoms in total. The van der Waals surface area contributed by atoms with Crippen LogP contribution in [0.5, 0.6) is 5.75 Å². The van der Waals surface area contributed by atoms with E-state index in [0.717, 1.165) is 5.56 Å². The van der Waals surface area contributed by atoms with E-state index in [1.165, 1.54) is 36.4 Å². The molecule has 1 unspecified atom stereocenters. The molecular formula is C23H22F3N3O4. The minimum atomic E-state index is -4.77. The van der Waals surface area contributed by atoms with E-state index in [0.29, 0.717) is 22.5 Å². The fraction of sp³-hybridized carbons (Fsp3) is 0.261. The predicted octanol–water partition coefficient (Wildman–Crippen LogP) is 4.41. The van der Waals surface area contributed by atoms with Crippen LogP contribution < -0.4 is 10.1 Å². The van der Waals surface area contributed by atoms with Crippen molar-refractivity contribution in [2.45, 2.75) is 32.7 Å². The zero-order valence-corrected chi connectivity index (χ0v) is 18.1. The molecule has 0 saturated carbocycles. The first-order chi connectivity index (χ1) is 15.4. The van der Waals surface area contributed by atoms with Crippen LogP contribution in [-0.2, 0) is 13.5 Å². The second kappa shape index (κ2) is 9.35. The van der Waals surface area contributed by atoms with Crippen LogP contribution in [0.4, 0.5) is 13.2 Å². The van der Waals surface area contributed by atoms with Crippen LogP contribution in [0.15, 0.2) is 48.5 Å². The van der Waals surface area contributed by atoms with Gasteiger partial charge in [0.2, 0.25) is 0 Å². The molecule has 0 bridgehead atoms. The van der Waals surface area contributed by atoms with Gasteiger partial charge in [0.25, 0.3) is 5.91 Å². The normalized spacial score (nSPS) is 12.3. The van der Waals surface area contributed by atoms with Gasteiger partial charge >= 0.3 is 12.3 Å². The fourth-order valence-corrected chi connectivity index (χ4v) is 3.36. The maximum absolute atomic E-state index is 13.1. The van der Waals surface area contributed by atoms with Gasteiger partial charge in [-0.15, -0.1) is 13.2 Å². The summed E-state index contributed by atoms with van der Waals surface area (Å²) in [5, 5.41) is 16.3. The summed E-state index contributed by atoms with van der Waals surface area (Å²) < 4.78 is 42.5. The van der Waals surface area contributed by atoms with E-state index in [1.807, 2.05) is 0 Å². The summed E-state index contributed by atoms with van der Waals surface area (Å²) in [6, 6.07) is 11.2. The monoisotopic (exact) mass is 461 g/mol. The predicted molar refractivity (Wildman–Crippen MR) is 113 cm³/mol. The summed E-state index contributed by atoms with van der Waals surface area (Å²) in [5.41, 5.74) is 3.03. The fourth-order valence-electron chi connectivity index (χ4n) is 3.36. The van der Waals surface area contributed by atoms with Crippen molar-refractivity contribution in [2.24, 2.45) is 7.05 Å². The molecule has 0 aliphatic heterocycles. The number of nitrogens with zero attached hydrogens (tertiary/aromatic N) is 2. The van der Waals surface area contributed by atoms with Gasteiger partial charge in [-0.05, 0) is 49.2 Å². The number of carboxylic acids is 1. The van der Waals surface area contributed by atoms with Crippen molar-refractivity contribution in [2.75, 3.05) is 0 Å². The van der Waals surface area contributed by atoms with Crippen molar-refractivity contribution < 1.29 is 32.6 Å². The first-order valence-electron chi connectivity index (χ1n) is 9.96. The number of carbonyl (C=O) groups is 2. The average Bonchev–Trinajstić information content (AvgIpc) is 3.01. The second-order valence-electron chi connectivity index (χ2n) is 7.52. The first kappa shape index (κ1) is 23.8. The Bertz CT molecular complexity index is 1150. The molecule has 2 aromatic carbocycles. The Hall–Kier alpha value is -3.82. The number of aryl methyl sites for hydroxylation is 1. The number of aromatic carboxylic acids is 1. The Morgan fingerprint density at radius 3 is 2.27 bits per heavy atom. The van der Waals surface area contributed by atoms with Gasteiger partial charge in [0.15, 0.2) is 0 Å². The van der Waals surface area contributed by atoms with Crippen molar-refractivity contribution in [3.8, 4) is 5.75 Å². The lowest BCUT2D eigenvalue weighted by Crippen LogP contribution is -2.28. The average molecular weight is 461 g/mol. The molecule has 174 valence electrons. The summed E-state index contributed by atoms with van der Waals surface area (Å²) in [7, 11) is 1.70. The van der Waals surface area contributed by atoms with Gasteiger partial charge in [-0.25, -0.2) is 4.79 Å². The number of benzene rings is 2. The molecule has 1 heterocycles. The number of amides is 1. The lowest BCUT2D eigenvalue weighted by Gasteiger charge is -2.15. The maximum Gasteiger partial charge on any atom is 0.573 e. The van der Waals surface area contributed by atoms with E-state index in [9.17, 15) is 22.8 Å². The molecule has 2 N–H and O–H groups in total. The number of carbonyl (C=O) groups excluding carboxylic acids is 1. The van der Waals surface area contributed by atoms with Crippen molar-refractivity contribution in [3.05, 3.63) is 82.2 Å². The highest BCUT2D eigenvalue weighted by atomic mass is 19.4. The molecule has 0 aliphatic rings. The van der Waals surface area contributed by atoms with Crippen LogP contribution >= 0.6 is 0 Å². The zero-order chi connectivity index (χ0) is 24.3. The smallest absolute Gasteiger partial charge is 0.478 e. The number of carboxylic acid groups (broad SMARTS) is 1. The molecule has 1 atom stereocenters. The SMILES string of the molecule is Cc1c(C(=O)NC(C)c2ccc(C(=O)O)cc2)c(Cc2ccc(OC(F)(F)F)cc2)nn1C. The summed E-state index contributed by atoms with van der Waals surface area (Å²) in [6.07, 6.45) is -4.53. The Balaban J connectivity index is 1.77. The van der Waals surface area contributed by atoms with Gasteiger partial charge in [-0.2, -0.15) is 5.10 Å². The van der Waals surface area contributed by atoms with E-state index in [2.05, 4.69) is 15.2 Å². The van der Waals surface area contributed by atoms with E-state index in [4.69, 9.17) is 5.11 Å². The van der Waals surface area contributed by atoms with Gasteiger partial charge in [0.05, 0.1) is 22.9 Å². The Kier molecular flexibility index (Phi) is 6.75. The molecular weight excluding hydrogens is 439 g/mol. The Morgan fingerprint density at radius 2 is 1.73 bits per heavy atom. The number of aromatic nitrogens is 2. The largest absolute Gasteiger partial charge is 0.573 e. The lowest BCUT2D eigenvalue weighted by molar-refractivity contribution is -0.274. The minimum Gasteiger partial charge on any atom is -0.478 e. The van der Waals surface area contributed by atoms with E-state index in [1.54, 1.807) is 37.7 Å². The molecule has 3 rings (SSSR count). The third kappa shape index (κ3) is 5.91. The molecule has 0 aliphatic carbocycles. The first-order valence-corrected chi connectivity index (χ1v) is 9.96. The number of rotatable bonds is 7. The summed E-state index contributed by atoms with van der Waals surface area (Å²) in [5.74, 6) is -1.72. The van der Waals surface area contributed by atoms with Gasteiger partial charge < -0.3 is 15.2 Å². The number of ether oxygens (including phenoxy) is 1. The molecule has 10 heteroatoms. The minimum absolute atomic E-state index is 0.148. The molecule has 0 saturated heterocycles. The number of hydrogen-bond donors (Lipinski definition) is 2. The molecule has 1 aromatic heterocycles. The Morgan fingerprint density at radius 1 is 1.12 bits per heavy atom. The highest BCUT2D eigenvalue weighted by Crippen LogP contribution is 2.24. The van der Waals surface area contributed by atoms with Crippen LogP contribution in [0.2, 0.25) is 0 Å².